The van der Waals surface area contributed by atoms with Crippen LogP contribution < -0.4 is 0 Å². The van der Waals surface area contributed by atoms with E-state index < -0.39 is 0 Å². The monoisotopic (exact) mass is 1060 g/mol. The van der Waals surface area contributed by atoms with E-state index in [0.717, 1.165) is 116 Å². The number of amides is 1. The SMILES string of the molecule is CCCCCCCCCC(CCCCCC)C(=O)OCCCCCCCCCCC(CCCCCCCCCOC(=O)C(CCCCCC)CCCCCCCCC)N(CCCN(C)C)C(=O)CCCCCCCC. The van der Waals surface area contributed by atoms with Gasteiger partial charge in [-0.3, -0.25) is 14.4 Å². The second kappa shape index (κ2) is 58.5. The Kier molecular flexibility index (Phi) is 57.2. The summed E-state index contributed by atoms with van der Waals surface area (Å²) < 4.78 is 11.8. The molecule has 0 saturated carbocycles. The van der Waals surface area contributed by atoms with Gasteiger partial charge in [0.05, 0.1) is 25.0 Å². The average molecular weight is 1060 g/mol. The summed E-state index contributed by atoms with van der Waals surface area (Å²) in [6, 6.07) is 0.352. The van der Waals surface area contributed by atoms with E-state index in [4.69, 9.17) is 9.47 Å². The van der Waals surface area contributed by atoms with E-state index >= 15 is 0 Å². The highest BCUT2D eigenvalue weighted by Gasteiger charge is 2.24. The van der Waals surface area contributed by atoms with Crippen molar-refractivity contribution in [1.82, 2.24) is 9.80 Å². The maximum atomic E-state index is 14.0. The van der Waals surface area contributed by atoms with Gasteiger partial charge in [0.2, 0.25) is 5.91 Å². The first-order chi connectivity index (χ1) is 36.7. The third-order valence-corrected chi connectivity index (χ3v) is 16.4. The molecule has 0 radical (unpaired) electrons. The molecule has 0 saturated heterocycles. The lowest BCUT2D eigenvalue weighted by Crippen LogP contribution is -2.41. The molecule has 0 aromatic carbocycles. The van der Waals surface area contributed by atoms with Crippen LogP contribution in [0.15, 0.2) is 0 Å². The van der Waals surface area contributed by atoms with Crippen LogP contribution in [-0.4, -0.2) is 74.1 Å². The highest BCUT2D eigenvalue weighted by atomic mass is 16.5. The standard InChI is InChI=1S/C68H134N2O5/c1-8-13-18-23-29-35-44-54-63(52-42-21-16-11-4)67(72)74-61-49-40-33-27-26-31-37-46-56-65(70(60-51-59-69(6)7)66(71)58-48-39-25-20-15-10-3)57-47-38-32-28-34-41-50-62-75-68(73)64(53-43-22-17-12-5)55-45-36-30-24-19-14-9-2/h63-65H,8-62H2,1-7H3. The molecule has 0 aliphatic rings. The Hall–Kier alpha value is -1.63. The zero-order valence-corrected chi connectivity index (χ0v) is 52.1. The summed E-state index contributed by atoms with van der Waals surface area (Å²) in [5, 5.41) is 0. The van der Waals surface area contributed by atoms with E-state index in [1.54, 1.807) is 0 Å². The summed E-state index contributed by atoms with van der Waals surface area (Å²) in [7, 11) is 4.30. The van der Waals surface area contributed by atoms with Gasteiger partial charge in [-0.05, 0) is 84.8 Å². The van der Waals surface area contributed by atoms with Crippen LogP contribution in [-0.2, 0) is 23.9 Å². The van der Waals surface area contributed by atoms with Gasteiger partial charge in [0.15, 0.2) is 0 Å². The quantitative estimate of drug-likeness (QED) is 0.0446. The topological polar surface area (TPSA) is 76.2 Å². The van der Waals surface area contributed by atoms with Crippen molar-refractivity contribution in [3.05, 3.63) is 0 Å². The summed E-state index contributed by atoms with van der Waals surface area (Å²) in [4.78, 5) is 44.9. The van der Waals surface area contributed by atoms with Gasteiger partial charge in [-0.2, -0.15) is 0 Å². The molecule has 75 heavy (non-hydrogen) atoms. The molecule has 0 aromatic rings. The summed E-state index contributed by atoms with van der Waals surface area (Å²) in [6.07, 6.45) is 61.0. The predicted octanol–water partition coefficient (Wildman–Crippen LogP) is 21.1. The van der Waals surface area contributed by atoms with Crippen LogP contribution in [0.1, 0.15) is 362 Å². The van der Waals surface area contributed by atoms with Crippen LogP contribution in [0.25, 0.3) is 0 Å². The molecule has 0 bridgehead atoms. The number of nitrogens with zero attached hydrogens (tertiary/aromatic N) is 2. The number of esters is 2. The zero-order chi connectivity index (χ0) is 54.9. The van der Waals surface area contributed by atoms with Crippen molar-refractivity contribution in [2.75, 3.05) is 40.4 Å². The molecule has 0 aliphatic carbocycles. The summed E-state index contributed by atoms with van der Waals surface area (Å²) in [5.41, 5.74) is 0. The van der Waals surface area contributed by atoms with Crippen LogP contribution in [0.4, 0.5) is 0 Å². The van der Waals surface area contributed by atoms with Gasteiger partial charge in [0.25, 0.3) is 0 Å². The molecule has 446 valence electrons. The smallest absolute Gasteiger partial charge is 0.308 e. The fourth-order valence-corrected chi connectivity index (χ4v) is 11.3. The number of unbranched alkanes of at least 4 members (excludes halogenated alkanes) is 36. The molecule has 7 heteroatoms. The summed E-state index contributed by atoms with van der Waals surface area (Å²) >= 11 is 0. The number of hydrogen-bond acceptors (Lipinski definition) is 6. The van der Waals surface area contributed by atoms with Crippen molar-refractivity contribution in [2.24, 2.45) is 11.8 Å². The van der Waals surface area contributed by atoms with Gasteiger partial charge in [-0.15, -0.1) is 0 Å². The van der Waals surface area contributed by atoms with Gasteiger partial charge >= 0.3 is 11.9 Å². The Morgan fingerprint density at radius 1 is 0.307 bits per heavy atom. The van der Waals surface area contributed by atoms with Crippen molar-refractivity contribution in [1.29, 1.82) is 0 Å². The van der Waals surface area contributed by atoms with Gasteiger partial charge in [-0.1, -0.05) is 291 Å². The highest BCUT2D eigenvalue weighted by molar-refractivity contribution is 5.76. The van der Waals surface area contributed by atoms with Crippen LogP contribution in [0.2, 0.25) is 0 Å². The maximum Gasteiger partial charge on any atom is 0.308 e. The minimum absolute atomic E-state index is 0.0705. The van der Waals surface area contributed by atoms with Gasteiger partial charge in [0, 0.05) is 19.0 Å². The third kappa shape index (κ3) is 49.2. The largest absolute Gasteiger partial charge is 0.465 e. The molecule has 3 atom stereocenters. The van der Waals surface area contributed by atoms with Crippen molar-refractivity contribution in [2.45, 2.75) is 368 Å². The molecular weight excluding hydrogens is 925 g/mol. The Bertz CT molecular complexity index is 1190. The van der Waals surface area contributed by atoms with Crippen molar-refractivity contribution < 1.29 is 23.9 Å². The first-order valence-corrected chi connectivity index (χ1v) is 34.0. The van der Waals surface area contributed by atoms with Crippen LogP contribution in [0.5, 0.6) is 0 Å². The van der Waals surface area contributed by atoms with Gasteiger partial charge < -0.3 is 19.3 Å². The molecule has 0 aromatic heterocycles. The first-order valence-electron chi connectivity index (χ1n) is 34.0. The van der Waals surface area contributed by atoms with E-state index in [9.17, 15) is 14.4 Å². The summed E-state index contributed by atoms with van der Waals surface area (Å²) in [6.45, 7) is 14.4. The Labute approximate surface area is 469 Å². The molecule has 0 spiro atoms. The van der Waals surface area contributed by atoms with E-state index in [-0.39, 0.29) is 23.8 Å². The highest BCUT2D eigenvalue weighted by Crippen LogP contribution is 2.25. The fourth-order valence-electron chi connectivity index (χ4n) is 11.3. The van der Waals surface area contributed by atoms with Crippen LogP contribution in [0.3, 0.4) is 0 Å². The van der Waals surface area contributed by atoms with E-state index in [1.807, 2.05) is 0 Å². The Morgan fingerprint density at radius 2 is 0.573 bits per heavy atom. The van der Waals surface area contributed by atoms with Gasteiger partial charge in [0.1, 0.15) is 0 Å². The zero-order valence-electron chi connectivity index (χ0n) is 52.1. The lowest BCUT2D eigenvalue weighted by Gasteiger charge is -2.33. The molecule has 1 amide bonds. The lowest BCUT2D eigenvalue weighted by atomic mass is 9.94. The second-order valence-corrected chi connectivity index (χ2v) is 24.0. The molecule has 0 fully saturated rings. The molecule has 7 nitrogen and oxygen atoms in total. The predicted molar refractivity (Wildman–Crippen MR) is 327 cm³/mol. The number of carbonyl (C=O) groups excluding carboxylic acids is 3. The molecular formula is C68H134N2O5. The number of ether oxygens (including phenoxy) is 2. The van der Waals surface area contributed by atoms with E-state index in [1.165, 1.54) is 218 Å². The molecule has 0 rings (SSSR count). The third-order valence-electron chi connectivity index (χ3n) is 16.4. The normalized spacial score (nSPS) is 12.9. The van der Waals surface area contributed by atoms with Gasteiger partial charge in [-0.25, -0.2) is 0 Å². The minimum Gasteiger partial charge on any atom is -0.465 e. The van der Waals surface area contributed by atoms with Crippen LogP contribution >= 0.6 is 0 Å². The average Bonchev–Trinajstić information content (AvgIpc) is 3.40. The molecule has 0 N–H and O–H groups in total. The Morgan fingerprint density at radius 3 is 0.893 bits per heavy atom. The number of carbonyl (C=O) groups is 3. The first kappa shape index (κ1) is 73.4. The fraction of sp³-hybridized carbons (Fsp3) is 0.956. The van der Waals surface area contributed by atoms with Crippen molar-refractivity contribution >= 4 is 17.8 Å². The van der Waals surface area contributed by atoms with Crippen LogP contribution in [0, 0.1) is 11.8 Å². The molecule has 0 heterocycles. The summed E-state index contributed by atoms with van der Waals surface area (Å²) in [5.74, 6) is 0.733. The minimum atomic E-state index is 0.0705. The molecule has 0 aliphatic heterocycles. The van der Waals surface area contributed by atoms with Crippen molar-refractivity contribution in [3.63, 3.8) is 0 Å². The van der Waals surface area contributed by atoms with E-state index in [0.29, 0.717) is 31.6 Å². The number of rotatable bonds is 61. The van der Waals surface area contributed by atoms with E-state index in [2.05, 4.69) is 58.5 Å². The second-order valence-electron chi connectivity index (χ2n) is 24.0. The lowest BCUT2D eigenvalue weighted by molar-refractivity contribution is -0.150. The maximum absolute atomic E-state index is 14.0. The van der Waals surface area contributed by atoms with Crippen molar-refractivity contribution in [3.8, 4) is 0 Å². The Balaban J connectivity index is 4.96. The number of hydrogen-bond donors (Lipinski definition) is 0. The molecule has 3 unspecified atom stereocenters.